The lowest BCUT2D eigenvalue weighted by molar-refractivity contribution is -0.228. The lowest BCUT2D eigenvalue weighted by atomic mass is 9.47. The van der Waals surface area contributed by atoms with Gasteiger partial charge in [-0.1, -0.05) is 43.4 Å². The number of likely N-dealkylation sites (N-methyl/N-ethyl adjacent to an activating group) is 1. The summed E-state index contributed by atoms with van der Waals surface area (Å²) in [5, 5.41) is 14.1. The minimum absolute atomic E-state index is 0.000905. The molecule has 3 unspecified atom stereocenters. The van der Waals surface area contributed by atoms with Crippen molar-refractivity contribution in [2.24, 2.45) is 11.3 Å². The second kappa shape index (κ2) is 13.4. The van der Waals surface area contributed by atoms with Gasteiger partial charge in [0, 0.05) is 103 Å². The number of esters is 3. The molecule has 3 aromatic rings. The predicted molar refractivity (Wildman–Crippen MR) is 214 cm³/mol. The van der Waals surface area contributed by atoms with E-state index in [9.17, 15) is 14.7 Å². The first kappa shape index (κ1) is 39.7. The Hall–Kier alpha value is -4.79. The van der Waals surface area contributed by atoms with E-state index in [0.717, 1.165) is 29.0 Å². The highest BCUT2D eigenvalue weighted by Crippen LogP contribution is 2.68. The number of aromatic amines is 1. The second-order valence-corrected chi connectivity index (χ2v) is 17.6. The number of fused-ring (bicyclic) bond motifs is 6. The Balaban J connectivity index is 1.37. The van der Waals surface area contributed by atoms with Gasteiger partial charge in [-0.15, -0.1) is 0 Å². The van der Waals surface area contributed by atoms with Crippen molar-refractivity contribution < 1.29 is 47.2 Å². The van der Waals surface area contributed by atoms with E-state index < -0.39 is 63.7 Å². The summed E-state index contributed by atoms with van der Waals surface area (Å²) in [5.74, 6) is -5.36. The van der Waals surface area contributed by atoms with Gasteiger partial charge in [0.25, 0.3) is 5.92 Å². The Labute approximate surface area is 342 Å². The molecule has 2 N–H and O–H groups in total. The van der Waals surface area contributed by atoms with Crippen LogP contribution < -0.4 is 9.64 Å². The molecule has 59 heavy (non-hydrogen) atoms. The number of benzene rings is 2. The molecular formula is C45H52F2N4O8. The van der Waals surface area contributed by atoms with E-state index >= 15 is 13.6 Å². The Morgan fingerprint density at radius 3 is 2.46 bits per heavy atom. The molecule has 12 nitrogen and oxygen atoms in total. The number of alkyl halides is 2. The molecule has 6 heterocycles. The molecule has 1 spiro atoms. The van der Waals surface area contributed by atoms with E-state index in [0.29, 0.717) is 61.7 Å². The molecule has 314 valence electrons. The van der Waals surface area contributed by atoms with Crippen molar-refractivity contribution in [2.75, 3.05) is 59.5 Å². The van der Waals surface area contributed by atoms with Gasteiger partial charge in [-0.05, 0) is 55.0 Å². The maximum atomic E-state index is 15.3. The summed E-state index contributed by atoms with van der Waals surface area (Å²) in [7, 11) is 5.90. The molecule has 2 bridgehead atoms. The van der Waals surface area contributed by atoms with E-state index in [-0.39, 0.29) is 24.6 Å². The van der Waals surface area contributed by atoms with Gasteiger partial charge in [-0.3, -0.25) is 19.4 Å². The van der Waals surface area contributed by atoms with Crippen molar-refractivity contribution in [3.05, 3.63) is 82.6 Å². The molecule has 5 aliphatic heterocycles. The number of H-pyrrole nitrogens is 1. The molecule has 1 aliphatic carbocycles. The smallest absolute Gasteiger partial charge is 0.344 e. The summed E-state index contributed by atoms with van der Waals surface area (Å²) in [6.07, 6.45) is 5.35. The average molecular weight is 815 g/mol. The molecule has 1 saturated carbocycles. The number of hydrogen-bond acceptors (Lipinski definition) is 11. The van der Waals surface area contributed by atoms with Crippen molar-refractivity contribution in [1.82, 2.24) is 14.8 Å². The van der Waals surface area contributed by atoms with E-state index in [1.807, 2.05) is 72.3 Å². The minimum atomic E-state index is -3.08. The van der Waals surface area contributed by atoms with E-state index in [2.05, 4.69) is 9.88 Å². The second-order valence-electron chi connectivity index (χ2n) is 17.6. The maximum Gasteiger partial charge on any atom is 0.344 e. The quantitative estimate of drug-likeness (QED) is 0.190. The molecule has 2 fully saturated rings. The number of methoxy groups -OCH3 is 3. The van der Waals surface area contributed by atoms with Crippen LogP contribution in [-0.4, -0.2) is 122 Å². The third-order valence-corrected chi connectivity index (χ3v) is 14.8. The number of aromatic nitrogens is 1. The highest BCUT2D eigenvalue weighted by Gasteiger charge is 2.80. The summed E-state index contributed by atoms with van der Waals surface area (Å²) in [5.41, 5.74) is -1.85. The van der Waals surface area contributed by atoms with Crippen LogP contribution in [0, 0.1) is 11.3 Å². The number of nitrogens with zero attached hydrogens (tertiary/aromatic N) is 3. The largest absolute Gasteiger partial charge is 0.496 e. The van der Waals surface area contributed by atoms with Crippen LogP contribution in [0.15, 0.2) is 60.2 Å². The Morgan fingerprint density at radius 1 is 1.03 bits per heavy atom. The summed E-state index contributed by atoms with van der Waals surface area (Å²) in [4.78, 5) is 52.3. The number of para-hydroxylation sites is 1. The van der Waals surface area contributed by atoms with Crippen molar-refractivity contribution in [3.8, 4) is 5.75 Å². The monoisotopic (exact) mass is 814 g/mol. The summed E-state index contributed by atoms with van der Waals surface area (Å²) >= 11 is 0. The number of ether oxygens (including phenoxy) is 4. The van der Waals surface area contributed by atoms with E-state index in [1.165, 1.54) is 28.3 Å². The number of rotatable bonds is 7. The van der Waals surface area contributed by atoms with Gasteiger partial charge >= 0.3 is 17.9 Å². The Kier molecular flexibility index (Phi) is 8.98. The first-order chi connectivity index (χ1) is 28.1. The fraction of sp³-hybridized carbons (Fsp3) is 0.533. The zero-order valence-electron chi connectivity index (χ0n) is 34.6. The molecule has 1 aromatic heterocycles. The van der Waals surface area contributed by atoms with Gasteiger partial charge < -0.3 is 33.9 Å². The van der Waals surface area contributed by atoms with Crippen LogP contribution in [-0.2, 0) is 46.0 Å². The predicted octanol–water partition coefficient (Wildman–Crippen LogP) is 5.00. The lowest BCUT2D eigenvalue weighted by Gasteiger charge is -2.63. The number of aliphatic hydroxyl groups is 1. The maximum absolute atomic E-state index is 15.3. The number of anilines is 1. The van der Waals surface area contributed by atoms with E-state index in [1.54, 1.807) is 6.08 Å². The van der Waals surface area contributed by atoms with Crippen LogP contribution in [0.25, 0.3) is 10.9 Å². The molecule has 0 amide bonds. The van der Waals surface area contributed by atoms with Crippen LogP contribution >= 0.6 is 0 Å². The number of carbonyl (C=O) groups excluding carboxylic acids is 3. The number of halogens is 2. The van der Waals surface area contributed by atoms with Gasteiger partial charge in [0.05, 0.1) is 27.4 Å². The van der Waals surface area contributed by atoms with Crippen molar-refractivity contribution in [2.45, 2.75) is 87.1 Å². The van der Waals surface area contributed by atoms with Crippen LogP contribution in [0.4, 0.5) is 14.5 Å². The molecule has 9 rings (SSSR count). The third kappa shape index (κ3) is 5.11. The zero-order valence-corrected chi connectivity index (χ0v) is 34.6. The number of nitrogens with one attached hydrogen (secondary N) is 1. The standard InChI is InChI=1S/C45H52F2N4O8/c1-8-42-14-11-16-51-17-15-43(36(42)51)30-19-31(34(56-5)20-33(30)49(4)37(43)45(55,40(54)58-7)38(42)59-25(2)52)44(39(53)57-6)21-26-18-27(41(3,46)47)23-50(22-26)24-29-28-12-9-10-13-32(28)48-35(29)44/h9-14,18-20,26,36-38,48,55H,8,15-17,21-24H2,1-7H3/t26?,36-,37+,38+,42+,43+,44-,45?/m0/s1. The van der Waals surface area contributed by atoms with Crippen LogP contribution in [0.1, 0.15) is 62.4 Å². The van der Waals surface area contributed by atoms with Crippen molar-refractivity contribution in [3.63, 3.8) is 0 Å². The van der Waals surface area contributed by atoms with Gasteiger partial charge in [0.15, 0.2) is 6.10 Å². The molecule has 1 saturated heterocycles. The number of carbonyl (C=O) groups is 3. The van der Waals surface area contributed by atoms with Crippen LogP contribution in [0.5, 0.6) is 5.75 Å². The first-order valence-corrected chi connectivity index (χ1v) is 20.4. The molecule has 2 aromatic carbocycles. The van der Waals surface area contributed by atoms with E-state index in [4.69, 9.17) is 18.9 Å². The van der Waals surface area contributed by atoms with Crippen molar-refractivity contribution >= 4 is 34.5 Å². The zero-order chi connectivity index (χ0) is 42.0. The topological polar surface area (TPSA) is 134 Å². The molecular weight excluding hydrogens is 763 g/mol. The molecule has 0 radical (unpaired) electrons. The SMILES string of the molecule is CC[C@]12C=CCN3CC[C@@]4(c5cc([C@@]6(C(=O)OC)CC7C=C(C(C)(F)F)CN(Cc8c6[nH]c6ccccc86)C7)c(OC)cc5N(C)[C@H]4C(O)(C(=O)OC)[C@@H]1OC(C)=O)[C@@H]32. The van der Waals surface area contributed by atoms with Gasteiger partial charge in [-0.25, -0.2) is 13.6 Å². The summed E-state index contributed by atoms with van der Waals surface area (Å²) in [6, 6.07) is 10.2. The molecule has 9 atom stereocenters. The average Bonchev–Trinajstić information content (AvgIpc) is 3.86. The summed E-state index contributed by atoms with van der Waals surface area (Å²) < 4.78 is 54.1. The number of hydrogen-bond donors (Lipinski definition) is 2. The van der Waals surface area contributed by atoms with Crippen LogP contribution in [0.3, 0.4) is 0 Å². The van der Waals surface area contributed by atoms with Crippen LogP contribution in [0.2, 0.25) is 0 Å². The van der Waals surface area contributed by atoms with Gasteiger partial charge in [-0.2, -0.15) is 0 Å². The minimum Gasteiger partial charge on any atom is -0.496 e. The fourth-order valence-corrected chi connectivity index (χ4v) is 12.8. The molecule has 14 heteroatoms. The third-order valence-electron chi connectivity index (χ3n) is 14.8. The normalized spacial score (nSPS) is 34.4. The summed E-state index contributed by atoms with van der Waals surface area (Å²) in [6.45, 7) is 6.20. The van der Waals surface area contributed by atoms with Gasteiger partial charge in [0.2, 0.25) is 5.60 Å². The highest BCUT2D eigenvalue weighted by molar-refractivity contribution is 5.95. The Bertz CT molecular complexity index is 2340. The highest BCUT2D eigenvalue weighted by atomic mass is 19.3. The van der Waals surface area contributed by atoms with Gasteiger partial charge in [0.1, 0.15) is 11.2 Å². The first-order valence-electron chi connectivity index (χ1n) is 20.4. The fourth-order valence-electron chi connectivity index (χ4n) is 12.8. The van der Waals surface area contributed by atoms with Crippen molar-refractivity contribution in [1.29, 1.82) is 0 Å². The Morgan fingerprint density at radius 2 is 1.78 bits per heavy atom. The lowest BCUT2D eigenvalue weighted by Crippen LogP contribution is -2.81. The molecule has 6 aliphatic rings.